The molecule has 2 fully saturated rings. The van der Waals surface area contributed by atoms with Gasteiger partial charge in [-0.15, -0.1) is 24.8 Å². The molecule has 5 rings (SSSR count). The summed E-state index contributed by atoms with van der Waals surface area (Å²) in [5, 5.41) is 14.0. The van der Waals surface area contributed by atoms with E-state index in [1.807, 2.05) is 20.1 Å². The van der Waals surface area contributed by atoms with E-state index in [0.29, 0.717) is 12.4 Å². The number of rotatable bonds is 5. The van der Waals surface area contributed by atoms with Crippen molar-refractivity contribution in [3.8, 4) is 11.5 Å². The van der Waals surface area contributed by atoms with Gasteiger partial charge in [-0.2, -0.15) is 0 Å². The van der Waals surface area contributed by atoms with E-state index in [2.05, 4.69) is 17.3 Å². The number of likely N-dealkylation sites (N-methyl/N-ethyl adjacent to an activating group) is 1. The second-order valence-electron chi connectivity index (χ2n) is 8.83. The molecule has 174 valence electrons. The third-order valence-corrected chi connectivity index (χ3v) is 7.87. The summed E-state index contributed by atoms with van der Waals surface area (Å²) in [7, 11) is 4.00. The number of carbonyl (C=O) groups is 1. The van der Waals surface area contributed by atoms with E-state index >= 15 is 0 Å². The Bertz CT molecular complexity index is 855. The number of phenols is 1. The highest BCUT2D eigenvalue weighted by molar-refractivity contribution is 5.85. The number of nitrogens with zero attached hydrogens (tertiary/aromatic N) is 1. The molecule has 5 atom stereocenters. The van der Waals surface area contributed by atoms with Gasteiger partial charge >= 0.3 is 5.97 Å². The lowest BCUT2D eigenvalue weighted by atomic mass is 9.48. The highest BCUT2D eigenvalue weighted by Gasteiger charge is 2.73. The fourth-order valence-electron chi connectivity index (χ4n) is 6.78. The van der Waals surface area contributed by atoms with Crippen molar-refractivity contribution in [1.82, 2.24) is 10.2 Å². The van der Waals surface area contributed by atoms with Gasteiger partial charge in [0.2, 0.25) is 0 Å². The van der Waals surface area contributed by atoms with E-state index in [4.69, 9.17) is 14.2 Å². The minimum atomic E-state index is -0.362. The van der Waals surface area contributed by atoms with E-state index in [-0.39, 0.29) is 72.3 Å². The van der Waals surface area contributed by atoms with Crippen molar-refractivity contribution in [3.63, 3.8) is 0 Å². The molecule has 0 unspecified atom stereocenters. The normalized spacial score (nSPS) is 34.6. The second kappa shape index (κ2) is 8.60. The number of benzene rings is 1. The lowest BCUT2D eigenvalue weighted by Gasteiger charge is -2.65. The molecule has 1 aromatic rings. The number of nitrogens with one attached hydrogen (secondary N) is 1. The topological polar surface area (TPSA) is 80.3 Å². The van der Waals surface area contributed by atoms with Crippen LogP contribution in [0.15, 0.2) is 12.1 Å². The number of aromatic hydroxyl groups is 1. The highest BCUT2D eigenvalue weighted by Crippen LogP contribution is 2.66. The Morgan fingerprint density at radius 1 is 1.35 bits per heavy atom. The van der Waals surface area contributed by atoms with Gasteiger partial charge in [0.15, 0.2) is 11.5 Å². The summed E-state index contributed by atoms with van der Waals surface area (Å²) >= 11 is 0. The molecule has 1 saturated carbocycles. The Morgan fingerprint density at radius 3 is 2.84 bits per heavy atom. The number of ether oxygens (including phenoxy) is 3. The summed E-state index contributed by atoms with van der Waals surface area (Å²) in [5.74, 6) is 0.554. The van der Waals surface area contributed by atoms with Crippen molar-refractivity contribution in [3.05, 3.63) is 23.3 Å². The maximum Gasteiger partial charge on any atom is 0.319 e. The molecular weight excluding hydrogens is 443 g/mol. The molecule has 0 amide bonds. The van der Waals surface area contributed by atoms with Gasteiger partial charge in [-0.25, -0.2) is 0 Å². The van der Waals surface area contributed by atoms with E-state index < -0.39 is 0 Å². The van der Waals surface area contributed by atoms with E-state index in [1.54, 1.807) is 6.07 Å². The highest BCUT2D eigenvalue weighted by atomic mass is 35.5. The molecule has 2 N–H and O–H groups in total. The largest absolute Gasteiger partial charge is 0.504 e. The van der Waals surface area contributed by atoms with Crippen molar-refractivity contribution in [2.45, 2.75) is 61.8 Å². The van der Waals surface area contributed by atoms with Crippen LogP contribution < -0.4 is 10.1 Å². The molecular formula is C22H32Cl2N2O5. The first-order valence-corrected chi connectivity index (χ1v) is 10.6. The Hall–Kier alpha value is -1.25. The molecule has 2 heterocycles. The second-order valence-corrected chi connectivity index (χ2v) is 8.83. The Morgan fingerprint density at radius 2 is 2.13 bits per heavy atom. The number of esters is 1. The summed E-state index contributed by atoms with van der Waals surface area (Å²) in [6, 6.07) is 4.05. The third-order valence-electron chi connectivity index (χ3n) is 7.87. The Labute approximate surface area is 195 Å². The fraction of sp³-hybridized carbons (Fsp3) is 0.682. The average Bonchev–Trinajstić information content (AvgIpc) is 3.07. The Kier molecular flexibility index (Phi) is 6.76. The summed E-state index contributed by atoms with van der Waals surface area (Å²) in [4.78, 5) is 14.4. The molecule has 9 heteroatoms. The van der Waals surface area contributed by atoms with Gasteiger partial charge in [0.05, 0.1) is 24.2 Å². The number of halogens is 2. The van der Waals surface area contributed by atoms with Crippen molar-refractivity contribution >= 4 is 30.8 Å². The summed E-state index contributed by atoms with van der Waals surface area (Å²) in [5.41, 5.74) is 1.69. The quantitative estimate of drug-likeness (QED) is 0.633. The van der Waals surface area contributed by atoms with Gasteiger partial charge in [-0.05, 0) is 57.8 Å². The van der Waals surface area contributed by atoms with Gasteiger partial charge in [0, 0.05) is 24.8 Å². The number of hydrogen-bond donors (Lipinski definition) is 2. The van der Waals surface area contributed by atoms with Crippen LogP contribution in [0.5, 0.6) is 11.5 Å². The SMILES string of the molecule is CCOC(=O)CN[C@@H]1CC[C@@]2(OC)[C@H]3Cc4ccc(O)c5c4[C@@]2(CCN3C)[C@H]1O5.Cl.Cl. The van der Waals surface area contributed by atoms with E-state index in [9.17, 15) is 9.90 Å². The summed E-state index contributed by atoms with van der Waals surface area (Å²) in [6.07, 6.45) is 3.33. The fourth-order valence-corrected chi connectivity index (χ4v) is 6.78. The van der Waals surface area contributed by atoms with Crippen molar-refractivity contribution < 1.29 is 24.1 Å². The lowest BCUT2D eigenvalue weighted by Crippen LogP contribution is -2.78. The summed E-state index contributed by atoms with van der Waals surface area (Å²) < 4.78 is 18.0. The van der Waals surface area contributed by atoms with Gasteiger partial charge in [0.25, 0.3) is 0 Å². The minimum absolute atomic E-state index is 0. The van der Waals surface area contributed by atoms with Crippen LogP contribution >= 0.6 is 24.8 Å². The van der Waals surface area contributed by atoms with Gasteiger partial charge < -0.3 is 29.5 Å². The van der Waals surface area contributed by atoms with E-state index in [0.717, 1.165) is 37.8 Å². The van der Waals surface area contributed by atoms with E-state index in [1.165, 1.54) is 5.56 Å². The molecule has 31 heavy (non-hydrogen) atoms. The molecule has 7 nitrogen and oxygen atoms in total. The van der Waals surface area contributed by atoms with Crippen molar-refractivity contribution in [2.24, 2.45) is 0 Å². The molecule has 1 aromatic carbocycles. The molecule has 1 saturated heterocycles. The minimum Gasteiger partial charge on any atom is -0.504 e. The first kappa shape index (κ1) is 24.4. The molecule has 2 bridgehead atoms. The Balaban J connectivity index is 0.00000136. The molecule has 0 radical (unpaired) electrons. The van der Waals surface area contributed by atoms with Crippen LogP contribution in [0.3, 0.4) is 0 Å². The zero-order chi connectivity index (χ0) is 20.4. The zero-order valence-electron chi connectivity index (χ0n) is 18.2. The van der Waals surface area contributed by atoms with Crippen LogP contribution in [-0.4, -0.2) is 73.6 Å². The molecule has 2 aliphatic heterocycles. The smallest absolute Gasteiger partial charge is 0.319 e. The van der Waals surface area contributed by atoms with Gasteiger partial charge in [-0.3, -0.25) is 4.79 Å². The maximum absolute atomic E-state index is 12.0. The molecule has 4 aliphatic rings. The van der Waals surface area contributed by atoms with Crippen LogP contribution in [-0.2, 0) is 26.1 Å². The van der Waals surface area contributed by atoms with Crippen molar-refractivity contribution in [2.75, 3.05) is 33.9 Å². The third kappa shape index (κ3) is 3.08. The molecule has 1 spiro atoms. The van der Waals surface area contributed by atoms with Gasteiger partial charge in [0.1, 0.15) is 6.10 Å². The number of phenolic OH excluding ortho intramolecular Hbond substituents is 1. The van der Waals surface area contributed by atoms with Crippen LogP contribution in [0.1, 0.15) is 37.3 Å². The maximum atomic E-state index is 12.0. The molecule has 2 aliphatic carbocycles. The summed E-state index contributed by atoms with van der Waals surface area (Å²) in [6.45, 7) is 3.30. The molecule has 0 aromatic heterocycles. The number of likely N-dealkylation sites (tertiary alicyclic amines) is 1. The number of carbonyl (C=O) groups excluding carboxylic acids is 1. The first-order chi connectivity index (χ1) is 14.0. The average molecular weight is 475 g/mol. The van der Waals surface area contributed by atoms with Crippen LogP contribution in [0.4, 0.5) is 0 Å². The van der Waals surface area contributed by atoms with Crippen LogP contribution in [0.25, 0.3) is 0 Å². The standard InChI is InChI=1S/C22H30N2O5.2ClH/c1-4-28-17(26)12-23-14-7-8-22(27-3)16-11-13-5-6-15(25)19-18(13)21(22,20(14)29-19)9-10-24(16)2;;/h5-6,14,16,20,23,25H,4,7-12H2,1-3H3;2*1H/t14-,16-,20+,21+,22-;;/m1../s1. The van der Waals surface area contributed by atoms with Crippen molar-refractivity contribution in [1.29, 1.82) is 0 Å². The predicted octanol–water partition coefficient (Wildman–Crippen LogP) is 2.20. The predicted molar refractivity (Wildman–Crippen MR) is 121 cm³/mol. The van der Waals surface area contributed by atoms with Crippen LogP contribution in [0.2, 0.25) is 0 Å². The lowest BCUT2D eigenvalue weighted by molar-refractivity contribution is -0.203. The van der Waals surface area contributed by atoms with Crippen LogP contribution in [0, 0.1) is 0 Å². The number of methoxy groups -OCH3 is 1. The first-order valence-electron chi connectivity index (χ1n) is 10.6. The zero-order valence-corrected chi connectivity index (χ0v) is 19.8. The monoisotopic (exact) mass is 474 g/mol. The number of hydrogen-bond acceptors (Lipinski definition) is 7. The number of piperidine rings is 1. The van der Waals surface area contributed by atoms with Gasteiger partial charge in [-0.1, -0.05) is 6.07 Å².